The molecule has 0 unspecified atom stereocenters. The molecule has 0 bridgehead atoms. The van der Waals surface area contributed by atoms with Gasteiger partial charge in [-0.25, -0.2) is 4.98 Å². The van der Waals surface area contributed by atoms with Gasteiger partial charge in [-0.1, -0.05) is 0 Å². The summed E-state index contributed by atoms with van der Waals surface area (Å²) in [7, 11) is 0. The van der Waals surface area contributed by atoms with E-state index in [1.165, 1.54) is 0 Å². The zero-order chi connectivity index (χ0) is 14.2. The monoisotopic (exact) mass is 293 g/mol. The van der Waals surface area contributed by atoms with Crippen molar-refractivity contribution in [3.8, 4) is 0 Å². The molecule has 6 heteroatoms. The van der Waals surface area contributed by atoms with Crippen LogP contribution in [0.5, 0.6) is 0 Å². The van der Waals surface area contributed by atoms with Crippen LogP contribution in [0.4, 0.5) is 0 Å². The SMILES string of the molecule is Cc1cn2c(CCC(=O)NCC3(CO)CC3)csc2n1. The van der Waals surface area contributed by atoms with E-state index in [-0.39, 0.29) is 17.9 Å². The number of imidazole rings is 1. The Labute approximate surface area is 121 Å². The summed E-state index contributed by atoms with van der Waals surface area (Å²) in [5.74, 6) is 0.0564. The Morgan fingerprint density at radius 1 is 1.60 bits per heavy atom. The summed E-state index contributed by atoms with van der Waals surface area (Å²) in [6, 6.07) is 0. The van der Waals surface area contributed by atoms with E-state index in [1.807, 2.05) is 13.1 Å². The van der Waals surface area contributed by atoms with E-state index in [0.29, 0.717) is 19.4 Å². The molecule has 1 saturated carbocycles. The number of nitrogens with one attached hydrogen (secondary N) is 1. The highest BCUT2D eigenvalue weighted by molar-refractivity contribution is 7.15. The molecule has 2 aromatic heterocycles. The molecule has 3 rings (SSSR count). The van der Waals surface area contributed by atoms with Crippen molar-refractivity contribution in [1.82, 2.24) is 14.7 Å². The number of hydrogen-bond acceptors (Lipinski definition) is 4. The van der Waals surface area contributed by atoms with Gasteiger partial charge in [-0.3, -0.25) is 9.20 Å². The molecule has 1 fully saturated rings. The standard InChI is InChI=1S/C14H19N3O2S/c1-10-6-17-11(7-20-13(17)16-10)2-3-12(19)15-8-14(9-18)4-5-14/h6-7,18H,2-5,8-9H2,1H3,(H,15,19). The molecule has 2 N–H and O–H groups in total. The van der Waals surface area contributed by atoms with Crippen LogP contribution in [-0.4, -0.2) is 33.6 Å². The number of carbonyl (C=O) groups excluding carboxylic acids is 1. The first-order valence-corrected chi connectivity index (χ1v) is 7.79. The minimum absolute atomic E-state index is 0.0211. The predicted molar refractivity (Wildman–Crippen MR) is 77.9 cm³/mol. The fraction of sp³-hybridized carbons (Fsp3) is 0.571. The van der Waals surface area contributed by atoms with Gasteiger partial charge in [0.05, 0.1) is 12.3 Å². The van der Waals surface area contributed by atoms with Crippen molar-refractivity contribution in [2.24, 2.45) is 5.41 Å². The average molecular weight is 293 g/mol. The van der Waals surface area contributed by atoms with Crippen molar-refractivity contribution in [2.75, 3.05) is 13.2 Å². The second-order valence-electron chi connectivity index (χ2n) is 5.70. The Balaban J connectivity index is 1.52. The van der Waals surface area contributed by atoms with Crippen LogP contribution in [0.3, 0.4) is 0 Å². The predicted octanol–water partition coefficient (Wildman–Crippen LogP) is 1.53. The summed E-state index contributed by atoms with van der Waals surface area (Å²) in [5, 5.41) is 14.2. The van der Waals surface area contributed by atoms with Crippen LogP contribution in [0.15, 0.2) is 11.6 Å². The van der Waals surface area contributed by atoms with Gasteiger partial charge in [0.25, 0.3) is 0 Å². The molecule has 0 saturated heterocycles. The number of carbonyl (C=O) groups is 1. The van der Waals surface area contributed by atoms with Crippen LogP contribution in [0.1, 0.15) is 30.7 Å². The fourth-order valence-electron chi connectivity index (χ4n) is 2.31. The number of hydrogen-bond donors (Lipinski definition) is 2. The molecule has 5 nitrogen and oxygen atoms in total. The summed E-state index contributed by atoms with van der Waals surface area (Å²) in [4.78, 5) is 17.2. The van der Waals surface area contributed by atoms with E-state index in [1.54, 1.807) is 11.3 Å². The lowest BCUT2D eigenvalue weighted by Gasteiger charge is -2.12. The molecule has 2 aromatic rings. The number of aliphatic hydroxyl groups is 1. The highest BCUT2D eigenvalue weighted by Crippen LogP contribution is 2.44. The van der Waals surface area contributed by atoms with Gasteiger partial charge in [0.1, 0.15) is 0 Å². The van der Waals surface area contributed by atoms with Crippen LogP contribution in [-0.2, 0) is 11.2 Å². The molecule has 108 valence electrons. The largest absolute Gasteiger partial charge is 0.396 e. The van der Waals surface area contributed by atoms with Gasteiger partial charge < -0.3 is 10.4 Å². The first-order valence-electron chi connectivity index (χ1n) is 6.92. The molecule has 1 amide bonds. The zero-order valence-electron chi connectivity index (χ0n) is 11.6. The fourth-order valence-corrected chi connectivity index (χ4v) is 3.26. The van der Waals surface area contributed by atoms with Gasteiger partial charge in [-0.2, -0.15) is 0 Å². The molecule has 20 heavy (non-hydrogen) atoms. The van der Waals surface area contributed by atoms with Gasteiger partial charge in [0.2, 0.25) is 5.91 Å². The topological polar surface area (TPSA) is 66.6 Å². The van der Waals surface area contributed by atoms with Crippen molar-refractivity contribution < 1.29 is 9.90 Å². The Kier molecular flexibility index (Phi) is 3.52. The maximum Gasteiger partial charge on any atom is 0.220 e. The van der Waals surface area contributed by atoms with Crippen molar-refractivity contribution >= 4 is 22.2 Å². The van der Waals surface area contributed by atoms with E-state index in [2.05, 4.69) is 20.1 Å². The molecular weight excluding hydrogens is 274 g/mol. The van der Waals surface area contributed by atoms with Crippen LogP contribution in [0.2, 0.25) is 0 Å². The third-order valence-corrected chi connectivity index (χ3v) is 4.85. The van der Waals surface area contributed by atoms with E-state index >= 15 is 0 Å². The van der Waals surface area contributed by atoms with Gasteiger partial charge >= 0.3 is 0 Å². The van der Waals surface area contributed by atoms with Crippen molar-refractivity contribution in [2.45, 2.75) is 32.6 Å². The molecule has 0 aromatic carbocycles. The maximum atomic E-state index is 11.9. The van der Waals surface area contributed by atoms with E-state index in [9.17, 15) is 9.90 Å². The van der Waals surface area contributed by atoms with Gasteiger partial charge in [-0.15, -0.1) is 11.3 Å². The first-order chi connectivity index (χ1) is 9.62. The van der Waals surface area contributed by atoms with Crippen molar-refractivity contribution in [1.29, 1.82) is 0 Å². The highest BCUT2D eigenvalue weighted by Gasteiger charge is 2.41. The van der Waals surface area contributed by atoms with Gasteiger partial charge in [0, 0.05) is 35.7 Å². The molecule has 0 spiro atoms. The number of aromatic nitrogens is 2. The quantitative estimate of drug-likeness (QED) is 0.848. The van der Waals surface area contributed by atoms with E-state index in [4.69, 9.17) is 0 Å². The Hall–Kier alpha value is -1.40. The number of thiazole rings is 1. The van der Waals surface area contributed by atoms with E-state index in [0.717, 1.165) is 29.2 Å². The number of aliphatic hydroxyl groups excluding tert-OH is 1. The first kappa shape index (κ1) is 13.6. The molecule has 2 heterocycles. The van der Waals surface area contributed by atoms with Crippen LogP contribution in [0.25, 0.3) is 4.96 Å². The molecular formula is C14H19N3O2S. The molecule has 0 radical (unpaired) electrons. The number of rotatable bonds is 6. The second kappa shape index (κ2) is 5.18. The van der Waals surface area contributed by atoms with Crippen LogP contribution >= 0.6 is 11.3 Å². The minimum atomic E-state index is -0.0211. The number of amides is 1. The lowest BCUT2D eigenvalue weighted by Crippen LogP contribution is -2.32. The van der Waals surface area contributed by atoms with Crippen molar-refractivity contribution in [3.63, 3.8) is 0 Å². The maximum absolute atomic E-state index is 11.9. The summed E-state index contributed by atoms with van der Waals surface area (Å²) in [6.07, 6.45) is 5.23. The smallest absolute Gasteiger partial charge is 0.220 e. The Bertz CT molecular complexity index is 627. The normalized spacial score (nSPS) is 16.5. The summed E-state index contributed by atoms with van der Waals surface area (Å²) < 4.78 is 2.06. The Morgan fingerprint density at radius 2 is 2.40 bits per heavy atom. The van der Waals surface area contributed by atoms with Crippen molar-refractivity contribution in [3.05, 3.63) is 23.0 Å². The van der Waals surface area contributed by atoms with Crippen LogP contribution < -0.4 is 5.32 Å². The van der Waals surface area contributed by atoms with Gasteiger partial charge in [-0.05, 0) is 26.2 Å². The molecule has 1 aliphatic carbocycles. The molecule has 1 aliphatic rings. The molecule has 0 atom stereocenters. The number of fused-ring (bicyclic) bond motifs is 1. The van der Waals surface area contributed by atoms with E-state index < -0.39 is 0 Å². The van der Waals surface area contributed by atoms with Crippen LogP contribution in [0, 0.1) is 12.3 Å². The summed E-state index contributed by atoms with van der Waals surface area (Å²) in [6.45, 7) is 2.75. The van der Waals surface area contributed by atoms with Gasteiger partial charge in [0.15, 0.2) is 4.96 Å². The lowest BCUT2D eigenvalue weighted by molar-refractivity contribution is -0.121. The minimum Gasteiger partial charge on any atom is -0.396 e. The summed E-state index contributed by atoms with van der Waals surface area (Å²) >= 11 is 1.60. The number of aryl methyl sites for hydroxylation is 2. The average Bonchev–Trinajstić information content (AvgIpc) is 3.00. The Morgan fingerprint density at radius 3 is 3.10 bits per heavy atom. The lowest BCUT2D eigenvalue weighted by atomic mass is 10.1. The molecule has 0 aliphatic heterocycles. The third kappa shape index (κ3) is 2.71. The third-order valence-electron chi connectivity index (χ3n) is 3.97. The zero-order valence-corrected chi connectivity index (χ0v) is 12.4. The second-order valence-corrected chi connectivity index (χ2v) is 6.53. The number of nitrogens with zero attached hydrogens (tertiary/aromatic N) is 2. The summed E-state index contributed by atoms with van der Waals surface area (Å²) in [5.41, 5.74) is 2.11. The highest BCUT2D eigenvalue weighted by atomic mass is 32.1.